The minimum atomic E-state index is -0.0108. The Balaban J connectivity index is 1.47. The molecule has 2 heterocycles. The largest absolute Gasteiger partial charge is 0.383 e. The Labute approximate surface area is 192 Å². The Morgan fingerprint density at radius 2 is 1.91 bits per heavy atom. The van der Waals surface area contributed by atoms with E-state index in [1.165, 1.54) is 5.56 Å². The van der Waals surface area contributed by atoms with E-state index in [0.29, 0.717) is 19.7 Å². The van der Waals surface area contributed by atoms with E-state index in [-0.39, 0.29) is 5.91 Å². The predicted molar refractivity (Wildman–Crippen MR) is 131 cm³/mol. The molecule has 0 aliphatic carbocycles. The van der Waals surface area contributed by atoms with Crippen LogP contribution < -0.4 is 0 Å². The van der Waals surface area contributed by atoms with Gasteiger partial charge >= 0.3 is 0 Å². The quantitative estimate of drug-likeness (QED) is 0.337. The van der Waals surface area contributed by atoms with Crippen LogP contribution in [0.5, 0.6) is 0 Å². The molecule has 164 valence electrons. The van der Waals surface area contributed by atoms with E-state index in [9.17, 15) is 4.79 Å². The molecule has 0 saturated heterocycles. The Bertz CT molecular complexity index is 1190. The summed E-state index contributed by atoms with van der Waals surface area (Å²) in [5.74, 6) is -0.0108. The topological polar surface area (TPSA) is 46.8 Å². The van der Waals surface area contributed by atoms with Crippen molar-refractivity contribution in [2.24, 2.45) is 0 Å². The zero-order chi connectivity index (χ0) is 22.3. The molecule has 4 rings (SSSR count). The first-order valence-electron chi connectivity index (χ1n) is 10.7. The van der Waals surface area contributed by atoms with Gasteiger partial charge in [-0.05, 0) is 18.6 Å². The summed E-state index contributed by atoms with van der Waals surface area (Å²) >= 11 is 1.63. The second-order valence-electron chi connectivity index (χ2n) is 7.68. The maximum atomic E-state index is 12.8. The van der Waals surface area contributed by atoms with Gasteiger partial charge in [-0.1, -0.05) is 60.2 Å². The number of nitrogens with zero attached hydrogens (tertiary/aromatic N) is 3. The summed E-state index contributed by atoms with van der Waals surface area (Å²) in [6, 6.07) is 18.3. The molecule has 5 nitrogen and oxygen atoms in total. The number of carbonyl (C=O) groups is 1. The zero-order valence-corrected chi connectivity index (χ0v) is 19.2. The first-order chi connectivity index (χ1) is 15.6. The van der Waals surface area contributed by atoms with Crippen LogP contribution >= 0.6 is 11.3 Å². The van der Waals surface area contributed by atoms with Crippen molar-refractivity contribution in [3.63, 3.8) is 0 Å². The summed E-state index contributed by atoms with van der Waals surface area (Å²) in [7, 11) is 1.66. The van der Waals surface area contributed by atoms with Gasteiger partial charge in [-0.2, -0.15) is 0 Å². The molecule has 0 atom stereocenters. The van der Waals surface area contributed by atoms with Crippen LogP contribution in [0, 0.1) is 6.92 Å². The molecule has 32 heavy (non-hydrogen) atoms. The van der Waals surface area contributed by atoms with E-state index in [2.05, 4.69) is 47.2 Å². The first-order valence-corrected chi connectivity index (χ1v) is 11.6. The molecular formula is C26H27N3O2S. The number of thiazole rings is 1. The van der Waals surface area contributed by atoms with Crippen LogP contribution in [0.3, 0.4) is 0 Å². The van der Waals surface area contributed by atoms with E-state index in [0.717, 1.165) is 33.9 Å². The lowest BCUT2D eigenvalue weighted by atomic mass is 10.1. The van der Waals surface area contributed by atoms with Gasteiger partial charge in [0.2, 0.25) is 5.91 Å². The number of fused-ring (bicyclic) bond motifs is 1. The Hall–Kier alpha value is -3.22. The summed E-state index contributed by atoms with van der Waals surface area (Å²) in [4.78, 5) is 20.4. The van der Waals surface area contributed by atoms with Gasteiger partial charge in [0.1, 0.15) is 0 Å². The average molecular weight is 446 g/mol. The Morgan fingerprint density at radius 1 is 1.12 bits per heavy atom. The van der Waals surface area contributed by atoms with E-state index in [4.69, 9.17) is 9.72 Å². The molecule has 2 aromatic carbocycles. The van der Waals surface area contributed by atoms with E-state index >= 15 is 0 Å². The number of aromatic nitrogens is 2. The van der Waals surface area contributed by atoms with Gasteiger partial charge < -0.3 is 9.64 Å². The fraction of sp³-hybridized carbons (Fsp3) is 0.231. The van der Waals surface area contributed by atoms with Gasteiger partial charge in [0.25, 0.3) is 0 Å². The predicted octanol–water partition coefficient (Wildman–Crippen LogP) is 5.10. The smallest absolute Gasteiger partial charge is 0.246 e. The molecule has 6 heteroatoms. The molecule has 0 unspecified atom stereocenters. The van der Waals surface area contributed by atoms with Crippen molar-refractivity contribution in [3.05, 3.63) is 89.1 Å². The first kappa shape index (κ1) is 22.0. The zero-order valence-electron chi connectivity index (χ0n) is 18.4. The second kappa shape index (κ2) is 10.4. The molecule has 0 N–H and O–H groups in total. The van der Waals surface area contributed by atoms with Crippen molar-refractivity contribution >= 4 is 28.3 Å². The highest BCUT2D eigenvalue weighted by Crippen LogP contribution is 2.24. The summed E-state index contributed by atoms with van der Waals surface area (Å²) in [5, 5.41) is 2.13. The van der Waals surface area contributed by atoms with Gasteiger partial charge in [0, 0.05) is 55.5 Å². The number of rotatable bonds is 9. The third-order valence-corrected chi connectivity index (χ3v) is 6.25. The van der Waals surface area contributed by atoms with Crippen LogP contribution in [0.15, 0.2) is 72.3 Å². The van der Waals surface area contributed by atoms with Gasteiger partial charge in [0.15, 0.2) is 4.96 Å². The molecule has 0 spiro atoms. The molecule has 0 saturated carbocycles. The van der Waals surface area contributed by atoms with Crippen LogP contribution in [0.4, 0.5) is 0 Å². The van der Waals surface area contributed by atoms with Gasteiger partial charge in [0.05, 0.1) is 12.3 Å². The minimum Gasteiger partial charge on any atom is -0.383 e. The average Bonchev–Trinajstić information content (AvgIpc) is 3.40. The highest BCUT2D eigenvalue weighted by molar-refractivity contribution is 7.15. The van der Waals surface area contributed by atoms with Gasteiger partial charge in [-0.3, -0.25) is 9.20 Å². The highest BCUT2D eigenvalue weighted by Gasteiger charge is 2.14. The lowest BCUT2D eigenvalue weighted by molar-refractivity contribution is -0.126. The number of carbonyl (C=O) groups excluding carboxylic acids is 1. The molecular weight excluding hydrogens is 418 g/mol. The van der Waals surface area contributed by atoms with Gasteiger partial charge in [-0.15, -0.1) is 11.3 Å². The van der Waals surface area contributed by atoms with E-state index < -0.39 is 0 Å². The fourth-order valence-electron chi connectivity index (χ4n) is 3.49. The number of ether oxygens (including phenoxy) is 1. The number of methoxy groups -OCH3 is 1. The normalized spacial score (nSPS) is 11.4. The Morgan fingerprint density at radius 3 is 2.66 bits per heavy atom. The van der Waals surface area contributed by atoms with Crippen molar-refractivity contribution in [3.8, 4) is 11.3 Å². The maximum Gasteiger partial charge on any atom is 0.246 e. The summed E-state index contributed by atoms with van der Waals surface area (Å²) in [5.41, 5.74) is 5.47. The van der Waals surface area contributed by atoms with E-state index in [1.807, 2.05) is 41.3 Å². The third kappa shape index (κ3) is 5.33. The molecule has 0 radical (unpaired) electrons. The molecule has 0 bridgehead atoms. The van der Waals surface area contributed by atoms with Crippen LogP contribution in [0.25, 0.3) is 22.3 Å². The molecule has 0 aliphatic rings. The van der Waals surface area contributed by atoms with Gasteiger partial charge in [-0.25, -0.2) is 4.98 Å². The van der Waals surface area contributed by atoms with Crippen molar-refractivity contribution < 1.29 is 9.53 Å². The number of imidazole rings is 1. The standard InChI is InChI=1S/C26H27N3O2S/c1-20-8-11-22(12-9-20)24-18-29-23(19-32-26(29)27-24)14-15-28(16-17-31-2)25(30)13-10-21-6-4-3-5-7-21/h3-13,18-19H,14-17H2,1-2H3/b13-10+. The number of aryl methyl sites for hydroxylation is 1. The SMILES string of the molecule is COCCN(CCc1csc2nc(-c3ccc(C)cc3)cn12)C(=O)/C=C/c1ccccc1. The van der Waals surface area contributed by atoms with Crippen molar-refractivity contribution in [1.29, 1.82) is 0 Å². The third-order valence-electron chi connectivity index (χ3n) is 5.36. The summed E-state index contributed by atoms with van der Waals surface area (Å²) in [6.45, 7) is 3.76. The van der Waals surface area contributed by atoms with Crippen LogP contribution in [0.1, 0.15) is 16.8 Å². The molecule has 0 fully saturated rings. The fourth-order valence-corrected chi connectivity index (χ4v) is 4.40. The lowest BCUT2D eigenvalue weighted by Crippen LogP contribution is -2.34. The molecule has 0 aliphatic heterocycles. The van der Waals surface area contributed by atoms with Crippen molar-refractivity contribution in [1.82, 2.24) is 14.3 Å². The molecule has 2 aromatic heterocycles. The Kier molecular flexibility index (Phi) is 7.14. The van der Waals surface area contributed by atoms with Crippen molar-refractivity contribution in [2.75, 3.05) is 26.8 Å². The maximum absolute atomic E-state index is 12.8. The number of amides is 1. The molecule has 1 amide bonds. The number of benzene rings is 2. The number of hydrogen-bond donors (Lipinski definition) is 0. The van der Waals surface area contributed by atoms with E-state index in [1.54, 1.807) is 24.5 Å². The van der Waals surface area contributed by atoms with Crippen LogP contribution in [-0.4, -0.2) is 47.0 Å². The molecule has 4 aromatic rings. The van der Waals surface area contributed by atoms with Crippen LogP contribution in [0.2, 0.25) is 0 Å². The monoisotopic (exact) mass is 445 g/mol. The van der Waals surface area contributed by atoms with Crippen LogP contribution in [-0.2, 0) is 16.0 Å². The highest BCUT2D eigenvalue weighted by atomic mass is 32.1. The summed E-state index contributed by atoms with van der Waals surface area (Å²) < 4.78 is 7.36. The number of hydrogen-bond acceptors (Lipinski definition) is 4. The lowest BCUT2D eigenvalue weighted by Gasteiger charge is -2.20. The van der Waals surface area contributed by atoms with Crippen molar-refractivity contribution in [2.45, 2.75) is 13.3 Å². The summed E-state index contributed by atoms with van der Waals surface area (Å²) in [6.07, 6.45) is 6.33. The minimum absolute atomic E-state index is 0.0108. The second-order valence-corrected chi connectivity index (χ2v) is 8.52.